The van der Waals surface area contributed by atoms with Gasteiger partial charge >= 0.3 is 0 Å². The largest absolute Gasteiger partial charge is 0.381 e. The normalized spacial score (nSPS) is 13.8. The third kappa shape index (κ3) is 5.55. The molecular weight excluding hydrogens is 312 g/mol. The molecule has 0 atom stereocenters. The molecule has 1 N–H and O–H groups in total. The van der Waals surface area contributed by atoms with E-state index in [0.29, 0.717) is 18.9 Å². The number of carbonyl (C=O) groups is 2. The predicted molar refractivity (Wildman–Crippen MR) is 92.9 cm³/mol. The van der Waals surface area contributed by atoms with Gasteiger partial charge in [-0.25, -0.2) is 0 Å². The zero-order valence-electron chi connectivity index (χ0n) is 13.5. The van der Waals surface area contributed by atoms with Crippen LogP contribution in [0.1, 0.15) is 26.2 Å². The first-order chi connectivity index (χ1) is 11.2. The van der Waals surface area contributed by atoms with Gasteiger partial charge in [-0.05, 0) is 25.0 Å². The summed E-state index contributed by atoms with van der Waals surface area (Å²) in [5, 5.41) is 2.85. The van der Waals surface area contributed by atoms with Crippen molar-refractivity contribution in [2.75, 3.05) is 37.0 Å². The molecule has 126 valence electrons. The van der Waals surface area contributed by atoms with E-state index in [1.165, 1.54) is 11.8 Å². The van der Waals surface area contributed by atoms with Crippen LogP contribution in [0.3, 0.4) is 0 Å². The van der Waals surface area contributed by atoms with Crippen molar-refractivity contribution in [1.29, 1.82) is 0 Å². The highest BCUT2D eigenvalue weighted by Gasteiger charge is 2.25. The van der Waals surface area contributed by atoms with Gasteiger partial charge in [0, 0.05) is 24.7 Å². The van der Waals surface area contributed by atoms with E-state index in [4.69, 9.17) is 4.74 Å². The molecule has 1 aliphatic heterocycles. The number of benzene rings is 1. The van der Waals surface area contributed by atoms with Crippen molar-refractivity contribution in [2.45, 2.75) is 31.1 Å². The maximum absolute atomic E-state index is 12.1. The van der Waals surface area contributed by atoms with Crippen LogP contribution in [-0.2, 0) is 14.3 Å². The zero-order valence-corrected chi connectivity index (χ0v) is 14.4. The first-order valence-corrected chi connectivity index (χ1v) is 9.07. The maximum atomic E-state index is 12.1. The molecule has 1 aliphatic rings. The number of para-hydroxylation sites is 1. The van der Waals surface area contributed by atoms with Gasteiger partial charge in [0.2, 0.25) is 11.8 Å². The molecule has 0 saturated heterocycles. The van der Waals surface area contributed by atoms with E-state index in [0.717, 1.165) is 36.5 Å². The summed E-state index contributed by atoms with van der Waals surface area (Å²) in [6.07, 6.45) is 2.98. The number of amides is 2. The lowest BCUT2D eigenvalue weighted by molar-refractivity contribution is -0.123. The number of rotatable bonds is 9. The van der Waals surface area contributed by atoms with Crippen LogP contribution in [0.15, 0.2) is 29.2 Å². The van der Waals surface area contributed by atoms with Crippen molar-refractivity contribution in [3.05, 3.63) is 24.3 Å². The second kappa shape index (κ2) is 9.57. The van der Waals surface area contributed by atoms with Crippen LogP contribution in [-0.4, -0.2) is 43.9 Å². The molecule has 23 heavy (non-hydrogen) atoms. The molecule has 0 aromatic heterocycles. The Morgan fingerprint density at radius 2 is 2.09 bits per heavy atom. The van der Waals surface area contributed by atoms with Crippen molar-refractivity contribution >= 4 is 29.3 Å². The second-order valence-electron chi connectivity index (χ2n) is 5.41. The topological polar surface area (TPSA) is 58.6 Å². The van der Waals surface area contributed by atoms with Crippen LogP contribution in [0.25, 0.3) is 0 Å². The molecule has 0 saturated carbocycles. The van der Waals surface area contributed by atoms with Gasteiger partial charge in [0.25, 0.3) is 0 Å². The van der Waals surface area contributed by atoms with E-state index in [9.17, 15) is 9.59 Å². The number of carbonyl (C=O) groups excluding carboxylic acids is 2. The Balaban J connectivity index is 1.74. The molecule has 1 aromatic rings. The highest BCUT2D eigenvalue weighted by atomic mass is 32.2. The highest BCUT2D eigenvalue weighted by Crippen LogP contribution is 2.34. The van der Waals surface area contributed by atoms with Gasteiger partial charge in [-0.15, -0.1) is 11.8 Å². The zero-order chi connectivity index (χ0) is 16.5. The summed E-state index contributed by atoms with van der Waals surface area (Å²) >= 11 is 1.52. The Morgan fingerprint density at radius 1 is 1.30 bits per heavy atom. The van der Waals surface area contributed by atoms with E-state index >= 15 is 0 Å². The van der Waals surface area contributed by atoms with Crippen LogP contribution in [0, 0.1) is 0 Å². The van der Waals surface area contributed by atoms with Gasteiger partial charge in [-0.1, -0.05) is 25.5 Å². The number of ether oxygens (including phenoxy) is 1. The van der Waals surface area contributed by atoms with Crippen LogP contribution >= 0.6 is 11.8 Å². The summed E-state index contributed by atoms with van der Waals surface area (Å²) in [7, 11) is 0. The Hall–Kier alpha value is -1.53. The van der Waals surface area contributed by atoms with E-state index in [1.807, 2.05) is 24.3 Å². The van der Waals surface area contributed by atoms with Crippen molar-refractivity contribution in [3.8, 4) is 0 Å². The lowest BCUT2D eigenvalue weighted by atomic mass is 10.2. The quantitative estimate of drug-likeness (QED) is 0.704. The van der Waals surface area contributed by atoms with Crippen molar-refractivity contribution in [2.24, 2.45) is 0 Å². The molecule has 6 heteroatoms. The number of nitrogens with zero attached hydrogens (tertiary/aromatic N) is 1. The molecule has 0 radical (unpaired) electrons. The van der Waals surface area contributed by atoms with Crippen LogP contribution in [0.4, 0.5) is 5.69 Å². The van der Waals surface area contributed by atoms with E-state index in [2.05, 4.69) is 12.2 Å². The molecule has 5 nitrogen and oxygen atoms in total. The fraction of sp³-hybridized carbons (Fsp3) is 0.529. The summed E-state index contributed by atoms with van der Waals surface area (Å²) in [5.74, 6) is 0.232. The third-order valence-corrected chi connectivity index (χ3v) is 4.59. The lowest BCUT2D eigenvalue weighted by Crippen LogP contribution is -2.43. The summed E-state index contributed by atoms with van der Waals surface area (Å²) in [5.41, 5.74) is 0.826. The summed E-state index contributed by atoms with van der Waals surface area (Å²) in [6, 6.07) is 7.69. The van der Waals surface area contributed by atoms with Crippen molar-refractivity contribution in [3.63, 3.8) is 0 Å². The van der Waals surface area contributed by atoms with Gasteiger partial charge in [-0.3, -0.25) is 9.59 Å². The molecule has 0 spiro atoms. The number of unbranched alkanes of at least 4 members (excludes halogenated alkanes) is 1. The van der Waals surface area contributed by atoms with Gasteiger partial charge in [0.05, 0.1) is 11.4 Å². The maximum Gasteiger partial charge on any atom is 0.240 e. The Kier molecular flexibility index (Phi) is 7.42. The van der Waals surface area contributed by atoms with Crippen molar-refractivity contribution < 1.29 is 14.3 Å². The predicted octanol–water partition coefficient (Wildman–Crippen LogP) is 2.45. The minimum atomic E-state index is -0.131. The number of hydrogen-bond donors (Lipinski definition) is 1. The smallest absolute Gasteiger partial charge is 0.240 e. The van der Waals surface area contributed by atoms with Crippen LogP contribution < -0.4 is 10.2 Å². The van der Waals surface area contributed by atoms with Crippen LogP contribution in [0.2, 0.25) is 0 Å². The lowest BCUT2D eigenvalue weighted by Gasteiger charge is -2.28. The summed E-state index contributed by atoms with van der Waals surface area (Å²) in [6.45, 7) is 4.21. The fourth-order valence-electron chi connectivity index (χ4n) is 2.28. The van der Waals surface area contributed by atoms with E-state index in [1.54, 1.807) is 4.90 Å². The molecule has 0 bridgehead atoms. The molecule has 0 aliphatic carbocycles. The molecule has 2 amide bonds. The molecule has 0 fully saturated rings. The molecule has 2 rings (SSSR count). The van der Waals surface area contributed by atoms with E-state index in [-0.39, 0.29) is 18.4 Å². The van der Waals surface area contributed by atoms with Gasteiger partial charge < -0.3 is 15.0 Å². The molecule has 1 heterocycles. The van der Waals surface area contributed by atoms with Crippen molar-refractivity contribution in [1.82, 2.24) is 5.32 Å². The molecule has 0 unspecified atom stereocenters. The third-order valence-electron chi connectivity index (χ3n) is 3.54. The summed E-state index contributed by atoms with van der Waals surface area (Å²) in [4.78, 5) is 26.7. The first-order valence-electron chi connectivity index (χ1n) is 8.09. The second-order valence-corrected chi connectivity index (χ2v) is 6.42. The summed E-state index contributed by atoms with van der Waals surface area (Å²) < 4.78 is 5.45. The first kappa shape index (κ1) is 17.8. The Morgan fingerprint density at radius 3 is 2.91 bits per heavy atom. The van der Waals surface area contributed by atoms with Gasteiger partial charge in [0.1, 0.15) is 6.54 Å². The van der Waals surface area contributed by atoms with Crippen LogP contribution in [0.5, 0.6) is 0 Å². The minimum Gasteiger partial charge on any atom is -0.381 e. The van der Waals surface area contributed by atoms with Gasteiger partial charge in [0.15, 0.2) is 0 Å². The number of nitrogens with one attached hydrogen (secondary N) is 1. The fourth-order valence-corrected chi connectivity index (χ4v) is 3.21. The standard InChI is InChI=1S/C17H24N2O3S/c1-2-3-10-22-11-6-9-18-16(20)12-19-14-7-4-5-8-15(14)23-13-17(19)21/h4-5,7-8H,2-3,6,9-13H2,1H3,(H,18,20). The molecule has 1 aromatic carbocycles. The Labute approximate surface area is 141 Å². The molecular formula is C17H24N2O3S. The number of fused-ring (bicyclic) bond motifs is 1. The Bertz CT molecular complexity index is 536. The minimum absolute atomic E-state index is 0.0215. The average molecular weight is 336 g/mol. The van der Waals surface area contributed by atoms with E-state index < -0.39 is 0 Å². The monoisotopic (exact) mass is 336 g/mol. The van der Waals surface area contributed by atoms with Gasteiger partial charge in [-0.2, -0.15) is 0 Å². The highest BCUT2D eigenvalue weighted by molar-refractivity contribution is 8.00. The number of anilines is 1. The SMILES string of the molecule is CCCCOCCCNC(=O)CN1C(=O)CSc2ccccc21. The number of hydrogen-bond acceptors (Lipinski definition) is 4. The number of thioether (sulfide) groups is 1. The average Bonchev–Trinajstić information content (AvgIpc) is 2.57.